The van der Waals surface area contributed by atoms with Gasteiger partial charge in [-0.15, -0.1) is 0 Å². The van der Waals surface area contributed by atoms with E-state index in [2.05, 4.69) is 13.8 Å². The van der Waals surface area contributed by atoms with Gasteiger partial charge in [0.25, 0.3) is 0 Å². The molecule has 168 valence electrons. The summed E-state index contributed by atoms with van der Waals surface area (Å²) in [6.07, 6.45) is -0.224. The highest BCUT2D eigenvalue weighted by molar-refractivity contribution is 5.83. The van der Waals surface area contributed by atoms with E-state index in [0.717, 1.165) is 39.2 Å². The van der Waals surface area contributed by atoms with Crippen molar-refractivity contribution < 1.29 is 14.7 Å². The summed E-state index contributed by atoms with van der Waals surface area (Å²) < 4.78 is 0. The summed E-state index contributed by atoms with van der Waals surface area (Å²) in [6.45, 7) is 13.9. The predicted octanol–water partition coefficient (Wildman–Crippen LogP) is 4.87. The van der Waals surface area contributed by atoms with Crippen molar-refractivity contribution in [2.45, 2.75) is 73.4 Å². The number of aryl methyl sites for hydroxylation is 2. The van der Waals surface area contributed by atoms with Crippen LogP contribution in [0, 0.1) is 19.8 Å². The molecule has 0 radical (unpaired) electrons. The molecule has 2 rings (SSSR count). The number of amides is 2. The van der Waals surface area contributed by atoms with Crippen LogP contribution in [-0.4, -0.2) is 32.5 Å². The molecule has 1 aromatic heterocycles. The number of primary amides is 1. The lowest BCUT2D eigenvalue weighted by Gasteiger charge is -2.35. The standard InChI is InChI=1S/C25H35N3O3/c1-15(2)12-21-20(14-28(24(30)31)25(5,6)7)23(18-10-8-16(3)9-11-18)19(13-22(26)29)17(4)27-21/h8-11,15H,12-14H2,1-7H3,(H2,26,29)(H,30,31). The normalized spacial score (nSPS) is 11.6. The molecule has 0 spiro atoms. The van der Waals surface area contributed by atoms with E-state index in [1.165, 1.54) is 4.90 Å². The number of aromatic nitrogens is 1. The van der Waals surface area contributed by atoms with E-state index in [1.807, 2.05) is 58.9 Å². The zero-order chi connectivity index (χ0) is 23.5. The highest BCUT2D eigenvalue weighted by atomic mass is 16.4. The Morgan fingerprint density at radius 3 is 2.13 bits per heavy atom. The van der Waals surface area contributed by atoms with Crippen LogP contribution in [0.25, 0.3) is 11.1 Å². The third-order valence-corrected chi connectivity index (χ3v) is 5.34. The smallest absolute Gasteiger partial charge is 0.408 e. The van der Waals surface area contributed by atoms with E-state index in [4.69, 9.17) is 10.7 Å². The Morgan fingerprint density at radius 2 is 1.68 bits per heavy atom. The number of benzene rings is 1. The molecule has 0 bridgehead atoms. The number of carbonyl (C=O) groups is 2. The van der Waals surface area contributed by atoms with Crippen LogP contribution in [0.15, 0.2) is 24.3 Å². The summed E-state index contributed by atoms with van der Waals surface area (Å²) in [5.41, 5.74) is 11.1. The number of carboxylic acid groups (broad SMARTS) is 1. The molecular formula is C25H35N3O3. The largest absolute Gasteiger partial charge is 0.465 e. The highest BCUT2D eigenvalue weighted by Gasteiger charge is 2.30. The van der Waals surface area contributed by atoms with Gasteiger partial charge in [-0.25, -0.2) is 4.79 Å². The van der Waals surface area contributed by atoms with E-state index in [1.54, 1.807) is 0 Å². The summed E-state index contributed by atoms with van der Waals surface area (Å²) in [7, 11) is 0. The molecule has 0 atom stereocenters. The van der Waals surface area contributed by atoms with E-state index in [-0.39, 0.29) is 13.0 Å². The van der Waals surface area contributed by atoms with Crippen LogP contribution < -0.4 is 5.73 Å². The third kappa shape index (κ3) is 6.06. The fourth-order valence-electron chi connectivity index (χ4n) is 3.78. The zero-order valence-electron chi connectivity index (χ0n) is 19.7. The minimum atomic E-state index is -0.991. The quantitative estimate of drug-likeness (QED) is 0.661. The second kappa shape index (κ2) is 9.50. The van der Waals surface area contributed by atoms with E-state index in [0.29, 0.717) is 12.3 Å². The molecule has 0 aliphatic carbocycles. The van der Waals surface area contributed by atoms with Gasteiger partial charge in [0.15, 0.2) is 0 Å². The van der Waals surface area contributed by atoms with Gasteiger partial charge in [0.05, 0.1) is 13.0 Å². The van der Waals surface area contributed by atoms with Crippen molar-refractivity contribution in [1.29, 1.82) is 0 Å². The van der Waals surface area contributed by atoms with Gasteiger partial charge in [-0.2, -0.15) is 0 Å². The van der Waals surface area contributed by atoms with Crippen molar-refractivity contribution >= 4 is 12.0 Å². The molecule has 3 N–H and O–H groups in total. The van der Waals surface area contributed by atoms with Gasteiger partial charge in [0, 0.05) is 22.5 Å². The van der Waals surface area contributed by atoms with Crippen molar-refractivity contribution in [3.8, 4) is 11.1 Å². The average Bonchev–Trinajstić information content (AvgIpc) is 2.61. The minimum absolute atomic E-state index is 0.0551. The van der Waals surface area contributed by atoms with E-state index in [9.17, 15) is 14.7 Å². The minimum Gasteiger partial charge on any atom is -0.465 e. The SMILES string of the molecule is Cc1ccc(-c2c(CC(N)=O)c(C)nc(CC(C)C)c2CN(C(=O)O)C(C)(C)C)cc1. The van der Waals surface area contributed by atoms with Crippen molar-refractivity contribution in [2.24, 2.45) is 11.7 Å². The fourth-order valence-corrected chi connectivity index (χ4v) is 3.78. The first-order valence-electron chi connectivity index (χ1n) is 10.7. The van der Waals surface area contributed by atoms with Gasteiger partial charge in [0.2, 0.25) is 5.91 Å². The maximum absolute atomic E-state index is 12.1. The number of carbonyl (C=O) groups excluding carboxylic acids is 1. The van der Waals surface area contributed by atoms with Crippen LogP contribution in [0.3, 0.4) is 0 Å². The molecule has 2 amide bonds. The van der Waals surface area contributed by atoms with Crippen LogP contribution in [0.2, 0.25) is 0 Å². The maximum Gasteiger partial charge on any atom is 0.408 e. The lowest BCUT2D eigenvalue weighted by molar-refractivity contribution is -0.117. The first-order valence-corrected chi connectivity index (χ1v) is 10.7. The van der Waals surface area contributed by atoms with Crippen molar-refractivity contribution in [3.05, 3.63) is 52.3 Å². The van der Waals surface area contributed by atoms with Crippen LogP contribution in [0.5, 0.6) is 0 Å². The topological polar surface area (TPSA) is 96.5 Å². The number of hydrogen-bond acceptors (Lipinski definition) is 3. The summed E-state index contributed by atoms with van der Waals surface area (Å²) in [5.74, 6) is -0.0989. The molecule has 0 aliphatic heterocycles. The van der Waals surface area contributed by atoms with Crippen LogP contribution in [0.4, 0.5) is 4.79 Å². The Labute approximate surface area is 185 Å². The Balaban J connectivity index is 2.88. The first-order chi connectivity index (χ1) is 14.3. The van der Waals surface area contributed by atoms with Crippen molar-refractivity contribution in [2.75, 3.05) is 0 Å². The fraction of sp³-hybridized carbons (Fsp3) is 0.480. The van der Waals surface area contributed by atoms with Crippen LogP contribution in [0.1, 0.15) is 62.7 Å². The Morgan fingerprint density at radius 1 is 1.10 bits per heavy atom. The average molecular weight is 426 g/mol. The molecule has 6 heteroatoms. The number of pyridine rings is 1. The summed E-state index contributed by atoms with van der Waals surface area (Å²) >= 11 is 0. The molecule has 1 aromatic carbocycles. The molecule has 2 aromatic rings. The molecule has 0 unspecified atom stereocenters. The lowest BCUT2D eigenvalue weighted by Crippen LogP contribution is -2.44. The van der Waals surface area contributed by atoms with Gasteiger partial charge in [0.1, 0.15) is 0 Å². The molecular weight excluding hydrogens is 390 g/mol. The first kappa shape index (κ1) is 24.4. The van der Waals surface area contributed by atoms with Gasteiger partial charge in [-0.3, -0.25) is 14.7 Å². The van der Waals surface area contributed by atoms with Gasteiger partial charge < -0.3 is 10.8 Å². The second-order valence-corrected chi connectivity index (χ2v) is 9.62. The number of nitrogens with zero attached hydrogens (tertiary/aromatic N) is 2. The Bertz CT molecular complexity index is 957. The van der Waals surface area contributed by atoms with Gasteiger partial charge in [-0.1, -0.05) is 43.7 Å². The second-order valence-electron chi connectivity index (χ2n) is 9.62. The lowest BCUT2D eigenvalue weighted by atomic mass is 9.87. The molecule has 0 saturated heterocycles. The van der Waals surface area contributed by atoms with Gasteiger partial charge in [-0.05, 0) is 63.6 Å². The van der Waals surface area contributed by atoms with Gasteiger partial charge >= 0.3 is 6.09 Å². The number of hydrogen-bond donors (Lipinski definition) is 2. The monoisotopic (exact) mass is 425 g/mol. The van der Waals surface area contributed by atoms with E-state index < -0.39 is 17.5 Å². The Hall–Kier alpha value is -2.89. The predicted molar refractivity (Wildman–Crippen MR) is 124 cm³/mol. The summed E-state index contributed by atoms with van der Waals surface area (Å²) in [5, 5.41) is 9.94. The molecule has 0 fully saturated rings. The van der Waals surface area contributed by atoms with Crippen LogP contribution in [-0.2, 0) is 24.2 Å². The molecule has 0 aliphatic rings. The molecule has 0 saturated carbocycles. The summed E-state index contributed by atoms with van der Waals surface area (Å²) in [6, 6.07) is 8.06. The van der Waals surface area contributed by atoms with Crippen molar-refractivity contribution in [1.82, 2.24) is 9.88 Å². The van der Waals surface area contributed by atoms with Crippen molar-refractivity contribution in [3.63, 3.8) is 0 Å². The molecule has 1 heterocycles. The third-order valence-electron chi connectivity index (χ3n) is 5.34. The summed E-state index contributed by atoms with van der Waals surface area (Å²) in [4.78, 5) is 30.3. The maximum atomic E-state index is 12.1. The highest BCUT2D eigenvalue weighted by Crippen LogP contribution is 2.35. The zero-order valence-corrected chi connectivity index (χ0v) is 19.7. The van der Waals surface area contributed by atoms with E-state index >= 15 is 0 Å². The Kier molecular flexibility index (Phi) is 7.47. The number of nitrogens with two attached hydrogens (primary N) is 1. The number of rotatable bonds is 7. The molecule has 6 nitrogen and oxygen atoms in total. The molecule has 31 heavy (non-hydrogen) atoms. The van der Waals surface area contributed by atoms with Crippen LogP contribution >= 0.6 is 0 Å².